The summed E-state index contributed by atoms with van der Waals surface area (Å²) in [6, 6.07) is 21.0. The molecule has 3 heterocycles. The number of para-hydroxylation sites is 1. The summed E-state index contributed by atoms with van der Waals surface area (Å²) in [4.78, 5) is 32.7. The van der Waals surface area contributed by atoms with Crippen molar-refractivity contribution in [3.05, 3.63) is 136 Å². The predicted molar refractivity (Wildman–Crippen MR) is 178 cm³/mol. The number of rotatable bonds is 7. The highest BCUT2D eigenvalue weighted by Gasteiger charge is 2.33. The molecule has 44 heavy (non-hydrogen) atoms. The Hall–Kier alpha value is -3.91. The van der Waals surface area contributed by atoms with Crippen LogP contribution in [0.5, 0.6) is 0 Å². The van der Waals surface area contributed by atoms with E-state index in [4.69, 9.17) is 32.9 Å². The van der Waals surface area contributed by atoms with Crippen molar-refractivity contribution in [2.45, 2.75) is 46.2 Å². The van der Waals surface area contributed by atoms with Gasteiger partial charge in [-0.25, -0.2) is 9.79 Å². The molecule has 5 aromatic rings. The number of carbonyl (C=O) groups excluding carboxylic acids is 1. The van der Waals surface area contributed by atoms with Gasteiger partial charge in [0.05, 0.1) is 28.5 Å². The maximum atomic E-state index is 14.2. The van der Waals surface area contributed by atoms with Gasteiger partial charge in [-0.05, 0) is 60.7 Å². The van der Waals surface area contributed by atoms with E-state index in [0.29, 0.717) is 43.1 Å². The Balaban J connectivity index is 1.50. The third-order valence-electron chi connectivity index (χ3n) is 7.90. The van der Waals surface area contributed by atoms with E-state index < -0.39 is 12.0 Å². The minimum Gasteiger partial charge on any atom is -0.463 e. The summed E-state index contributed by atoms with van der Waals surface area (Å²) in [6.07, 6.45) is 3.94. The van der Waals surface area contributed by atoms with Crippen molar-refractivity contribution >= 4 is 57.5 Å². The number of ether oxygens (including phenoxy) is 1. The lowest BCUT2D eigenvalue weighted by Crippen LogP contribution is -2.39. The van der Waals surface area contributed by atoms with Gasteiger partial charge in [0.15, 0.2) is 4.80 Å². The third-order valence-corrected chi connectivity index (χ3v) is 9.47. The lowest BCUT2D eigenvalue weighted by Gasteiger charge is -2.25. The number of nitrogens with zero attached hydrogens (tertiary/aromatic N) is 3. The smallest absolute Gasteiger partial charge is 0.338 e. The van der Waals surface area contributed by atoms with Crippen molar-refractivity contribution in [2.24, 2.45) is 4.99 Å². The normalized spacial score (nSPS) is 15.2. The van der Waals surface area contributed by atoms with Crippen LogP contribution in [0.15, 0.2) is 94.0 Å². The molecular weight excluding hydrogens is 613 g/mol. The second-order valence-corrected chi connectivity index (χ2v) is 12.9. The average molecular weight is 645 g/mol. The van der Waals surface area contributed by atoms with Gasteiger partial charge >= 0.3 is 5.97 Å². The van der Waals surface area contributed by atoms with Gasteiger partial charge < -0.3 is 9.30 Å². The number of aromatic nitrogens is 2. The largest absolute Gasteiger partial charge is 0.463 e. The second kappa shape index (κ2) is 12.2. The number of thiazole rings is 1. The zero-order valence-corrected chi connectivity index (χ0v) is 27.1. The van der Waals surface area contributed by atoms with Gasteiger partial charge in [-0.2, -0.15) is 0 Å². The minimum atomic E-state index is -0.651. The minimum absolute atomic E-state index is 0.210. The number of benzene rings is 3. The van der Waals surface area contributed by atoms with E-state index in [1.54, 1.807) is 24.5 Å². The first-order chi connectivity index (χ1) is 21.2. The Kier molecular flexibility index (Phi) is 8.38. The van der Waals surface area contributed by atoms with Crippen LogP contribution >= 0.6 is 34.5 Å². The molecule has 224 valence electrons. The number of hydrogen-bond acceptors (Lipinski definition) is 5. The molecule has 0 spiro atoms. The van der Waals surface area contributed by atoms with E-state index in [0.717, 1.165) is 27.6 Å². The van der Waals surface area contributed by atoms with E-state index in [9.17, 15) is 9.59 Å². The molecule has 6 nitrogen and oxygen atoms in total. The number of hydrogen-bond donors (Lipinski definition) is 0. The summed E-state index contributed by atoms with van der Waals surface area (Å²) >= 11 is 13.9. The Morgan fingerprint density at radius 1 is 1.09 bits per heavy atom. The van der Waals surface area contributed by atoms with Gasteiger partial charge in [-0.3, -0.25) is 9.36 Å². The molecule has 0 saturated heterocycles. The average Bonchev–Trinajstić information content (AvgIpc) is 3.50. The maximum Gasteiger partial charge on any atom is 0.338 e. The van der Waals surface area contributed by atoms with Crippen molar-refractivity contribution in [1.82, 2.24) is 9.13 Å². The van der Waals surface area contributed by atoms with Crippen LogP contribution in [0.3, 0.4) is 0 Å². The van der Waals surface area contributed by atoms with Crippen LogP contribution in [-0.4, -0.2) is 21.7 Å². The number of halogens is 2. The Morgan fingerprint density at radius 3 is 2.55 bits per heavy atom. The van der Waals surface area contributed by atoms with Crippen molar-refractivity contribution < 1.29 is 9.53 Å². The zero-order chi connectivity index (χ0) is 31.1. The Labute approximate surface area is 269 Å². The second-order valence-electron chi connectivity index (χ2n) is 11.1. The molecule has 0 fully saturated rings. The first-order valence-electron chi connectivity index (χ1n) is 14.5. The molecule has 0 saturated carbocycles. The fraction of sp³-hybridized carbons (Fsp3) is 0.229. The first-order valence-corrected chi connectivity index (χ1v) is 16.0. The summed E-state index contributed by atoms with van der Waals surface area (Å²) in [5, 5.41) is 2.19. The summed E-state index contributed by atoms with van der Waals surface area (Å²) in [7, 11) is 0. The van der Waals surface area contributed by atoms with Crippen LogP contribution in [0.1, 0.15) is 61.9 Å². The molecule has 9 heteroatoms. The molecule has 0 bridgehead atoms. The van der Waals surface area contributed by atoms with Crippen molar-refractivity contribution in [1.29, 1.82) is 0 Å². The molecule has 0 amide bonds. The van der Waals surface area contributed by atoms with E-state index >= 15 is 0 Å². The first kappa shape index (κ1) is 30.1. The third kappa shape index (κ3) is 5.56. The number of esters is 1. The van der Waals surface area contributed by atoms with E-state index in [1.165, 1.54) is 16.9 Å². The lowest BCUT2D eigenvalue weighted by molar-refractivity contribution is -0.139. The number of fused-ring (bicyclic) bond motifs is 2. The van der Waals surface area contributed by atoms with Crippen molar-refractivity contribution in [2.75, 3.05) is 6.61 Å². The molecule has 2 aromatic heterocycles. The van der Waals surface area contributed by atoms with E-state index in [1.807, 2.05) is 60.8 Å². The van der Waals surface area contributed by atoms with Gasteiger partial charge in [-0.15, -0.1) is 0 Å². The molecule has 6 rings (SSSR count). The van der Waals surface area contributed by atoms with Crippen molar-refractivity contribution in [3.63, 3.8) is 0 Å². The quantitative estimate of drug-likeness (QED) is 0.176. The molecular formula is C35H31Cl2N3O3S. The maximum absolute atomic E-state index is 14.2. The topological polar surface area (TPSA) is 65.6 Å². The van der Waals surface area contributed by atoms with E-state index in [2.05, 4.69) is 30.5 Å². The Morgan fingerprint density at radius 2 is 1.84 bits per heavy atom. The van der Waals surface area contributed by atoms with Gasteiger partial charge in [0.1, 0.15) is 0 Å². The van der Waals surface area contributed by atoms with Crippen LogP contribution < -0.4 is 14.9 Å². The van der Waals surface area contributed by atoms with Crippen LogP contribution in [0.25, 0.3) is 17.0 Å². The van der Waals surface area contributed by atoms with Gasteiger partial charge in [0, 0.05) is 39.3 Å². The standard InChI is InChI=1S/C35H31Cl2N3O3S/c1-5-43-34(42)31-21(4)38-35-40(32(31)23-12-10-22(11-13-23)20(2)3)33(41)30(44-35)16-25-19-39(29-9-7-6-8-27(25)29)18-24-14-15-26(36)17-28(24)37/h6-17,19-20,32H,5,18H2,1-4H3/b30-16-. The van der Waals surface area contributed by atoms with Gasteiger partial charge in [0.2, 0.25) is 0 Å². The zero-order valence-electron chi connectivity index (χ0n) is 24.8. The van der Waals surface area contributed by atoms with Crippen LogP contribution in [-0.2, 0) is 16.1 Å². The number of allylic oxidation sites excluding steroid dienone is 1. The summed E-state index contributed by atoms with van der Waals surface area (Å²) in [6.45, 7) is 8.60. The highest BCUT2D eigenvalue weighted by Crippen LogP contribution is 2.32. The molecule has 0 radical (unpaired) electrons. The highest BCUT2D eigenvalue weighted by atomic mass is 35.5. The van der Waals surface area contributed by atoms with Crippen LogP contribution in [0.4, 0.5) is 0 Å². The molecule has 0 N–H and O–H groups in total. The van der Waals surface area contributed by atoms with Gasteiger partial charge in [0.25, 0.3) is 5.56 Å². The van der Waals surface area contributed by atoms with Gasteiger partial charge in [-0.1, -0.05) is 96.9 Å². The molecule has 1 atom stereocenters. The lowest BCUT2D eigenvalue weighted by atomic mass is 9.93. The molecule has 1 aliphatic heterocycles. The van der Waals surface area contributed by atoms with E-state index in [-0.39, 0.29) is 12.2 Å². The highest BCUT2D eigenvalue weighted by molar-refractivity contribution is 7.07. The molecule has 3 aromatic carbocycles. The SMILES string of the molecule is CCOC(=O)C1=C(C)N=c2s/c(=C\c3cn(Cc4ccc(Cl)cc4Cl)c4ccccc34)c(=O)n2C1c1ccc(C(C)C)cc1. The fourth-order valence-electron chi connectivity index (χ4n) is 5.67. The number of carbonyl (C=O) groups is 1. The predicted octanol–water partition coefficient (Wildman–Crippen LogP) is 7.23. The van der Waals surface area contributed by atoms with Crippen LogP contribution in [0, 0.1) is 0 Å². The molecule has 0 aliphatic carbocycles. The molecule has 1 aliphatic rings. The Bertz CT molecular complexity index is 2120. The summed E-state index contributed by atoms with van der Waals surface area (Å²) in [5.74, 6) is -0.115. The fourth-order valence-corrected chi connectivity index (χ4v) is 7.17. The molecule has 1 unspecified atom stereocenters. The van der Waals surface area contributed by atoms with Crippen molar-refractivity contribution in [3.8, 4) is 0 Å². The summed E-state index contributed by atoms with van der Waals surface area (Å²) < 4.78 is 9.72. The van der Waals surface area contributed by atoms with Crippen LogP contribution in [0.2, 0.25) is 10.0 Å². The summed E-state index contributed by atoms with van der Waals surface area (Å²) in [5.41, 5.74) is 5.57. The monoisotopic (exact) mass is 643 g/mol.